The Bertz CT molecular complexity index is 857. The van der Waals surface area contributed by atoms with Crippen molar-refractivity contribution in [2.45, 2.75) is 76.4 Å². The van der Waals surface area contributed by atoms with Gasteiger partial charge in [-0.25, -0.2) is 9.18 Å². The Morgan fingerprint density at radius 1 is 1.00 bits per heavy atom. The third kappa shape index (κ3) is 5.56. The number of piperidine rings is 3. The van der Waals surface area contributed by atoms with Gasteiger partial charge in [-0.15, -0.1) is 0 Å². The molecule has 3 heterocycles. The second kappa shape index (κ2) is 10.6. The molecule has 4 fully saturated rings. The minimum absolute atomic E-state index is 0.0198. The summed E-state index contributed by atoms with van der Waals surface area (Å²) >= 11 is 0. The summed E-state index contributed by atoms with van der Waals surface area (Å²) in [5.41, 5.74) is 0.898. The van der Waals surface area contributed by atoms with Gasteiger partial charge in [0.1, 0.15) is 5.82 Å². The molecule has 1 aromatic carbocycles. The van der Waals surface area contributed by atoms with Gasteiger partial charge < -0.3 is 15.5 Å². The number of amides is 3. The summed E-state index contributed by atoms with van der Waals surface area (Å²) in [6, 6.07) is 7.04. The summed E-state index contributed by atoms with van der Waals surface area (Å²) in [5.74, 6) is 1.60. The minimum atomic E-state index is -0.266. The predicted octanol–water partition coefficient (Wildman–Crippen LogP) is 3.91. The molecule has 0 unspecified atom stereocenters. The van der Waals surface area contributed by atoms with Crippen molar-refractivity contribution in [3.63, 3.8) is 0 Å². The molecule has 4 atom stereocenters. The van der Waals surface area contributed by atoms with E-state index in [9.17, 15) is 14.0 Å². The molecule has 0 bridgehead atoms. The molecule has 0 radical (unpaired) electrons. The zero-order valence-electron chi connectivity index (χ0n) is 20.2. The lowest BCUT2D eigenvalue weighted by Crippen LogP contribution is -2.66. The van der Waals surface area contributed by atoms with Crippen molar-refractivity contribution >= 4 is 11.9 Å². The zero-order valence-corrected chi connectivity index (χ0v) is 20.2. The lowest BCUT2D eigenvalue weighted by Gasteiger charge is -2.57. The minimum Gasteiger partial charge on any atom is -0.356 e. The second-order valence-corrected chi connectivity index (χ2v) is 10.9. The highest BCUT2D eigenvalue weighted by molar-refractivity contribution is 5.76. The van der Waals surface area contributed by atoms with Gasteiger partial charge in [-0.05, 0) is 99.9 Å². The molecule has 1 saturated carbocycles. The molecule has 3 amide bonds. The van der Waals surface area contributed by atoms with Crippen molar-refractivity contribution in [2.24, 2.45) is 17.8 Å². The molecule has 3 saturated heterocycles. The Morgan fingerprint density at radius 3 is 2.53 bits per heavy atom. The van der Waals surface area contributed by atoms with Gasteiger partial charge in [0, 0.05) is 38.1 Å². The summed E-state index contributed by atoms with van der Waals surface area (Å²) in [6.45, 7) is 4.39. The van der Waals surface area contributed by atoms with Crippen LogP contribution in [-0.2, 0) is 11.3 Å². The van der Waals surface area contributed by atoms with E-state index in [-0.39, 0.29) is 23.8 Å². The van der Waals surface area contributed by atoms with E-state index in [2.05, 4.69) is 20.4 Å². The van der Waals surface area contributed by atoms with Crippen LogP contribution in [-0.4, -0.2) is 60.0 Å². The molecule has 4 aliphatic rings. The second-order valence-electron chi connectivity index (χ2n) is 10.9. The van der Waals surface area contributed by atoms with Crippen LogP contribution in [0, 0.1) is 23.6 Å². The van der Waals surface area contributed by atoms with Gasteiger partial charge in [0.25, 0.3) is 0 Å². The fourth-order valence-electron chi connectivity index (χ4n) is 6.62. The largest absolute Gasteiger partial charge is 0.356 e. The van der Waals surface area contributed by atoms with Crippen LogP contribution in [0.4, 0.5) is 9.18 Å². The molecule has 186 valence electrons. The number of urea groups is 1. The maximum atomic E-state index is 13.4. The van der Waals surface area contributed by atoms with Crippen molar-refractivity contribution in [1.29, 1.82) is 0 Å². The van der Waals surface area contributed by atoms with Crippen molar-refractivity contribution in [2.75, 3.05) is 26.2 Å². The third-order valence-electron chi connectivity index (χ3n) is 8.48. The lowest BCUT2D eigenvalue weighted by atomic mass is 9.69. The topological polar surface area (TPSA) is 64.7 Å². The Balaban J connectivity index is 1.24. The van der Waals surface area contributed by atoms with Crippen molar-refractivity contribution in [3.8, 4) is 0 Å². The van der Waals surface area contributed by atoms with Crippen molar-refractivity contribution < 1.29 is 14.0 Å². The van der Waals surface area contributed by atoms with Crippen molar-refractivity contribution in [3.05, 3.63) is 35.6 Å². The Hall–Kier alpha value is -2.15. The van der Waals surface area contributed by atoms with E-state index < -0.39 is 0 Å². The van der Waals surface area contributed by atoms with Crippen LogP contribution in [0.15, 0.2) is 24.3 Å². The van der Waals surface area contributed by atoms with Gasteiger partial charge in [0.2, 0.25) is 5.91 Å². The quantitative estimate of drug-likeness (QED) is 0.606. The Morgan fingerprint density at radius 2 is 1.76 bits per heavy atom. The summed E-state index contributed by atoms with van der Waals surface area (Å²) < 4.78 is 13.2. The van der Waals surface area contributed by atoms with Crippen LogP contribution in [0.1, 0.15) is 63.4 Å². The van der Waals surface area contributed by atoms with Gasteiger partial charge in [-0.3, -0.25) is 9.69 Å². The fraction of sp³-hybridized carbons (Fsp3) is 0.704. The number of nitrogens with zero attached hydrogens (tertiary/aromatic N) is 2. The van der Waals surface area contributed by atoms with Gasteiger partial charge >= 0.3 is 6.03 Å². The average Bonchev–Trinajstić information content (AvgIpc) is 3.68. The first-order valence-corrected chi connectivity index (χ1v) is 13.4. The standard InChI is InChI=1S/C27H39FN4O2/c28-22-12-10-20(11-13-22)17-30-27(34)32-18-21-4-2-14-31-15-3-5-23(26(21)31)24(32)6-1-7-25(33)29-16-19-8-9-19/h10-13,19,21,23-24,26H,1-9,14-18H2,(H,29,33)(H,30,34)/t21-,23+,24+,26-/m0/s1. The van der Waals surface area contributed by atoms with Gasteiger partial charge in [0.05, 0.1) is 0 Å². The van der Waals surface area contributed by atoms with Crippen LogP contribution >= 0.6 is 0 Å². The highest BCUT2D eigenvalue weighted by Gasteiger charge is 2.49. The molecular formula is C27H39FN4O2. The normalized spacial score (nSPS) is 28.8. The first-order chi connectivity index (χ1) is 16.6. The number of rotatable bonds is 8. The fourth-order valence-corrected chi connectivity index (χ4v) is 6.62. The first-order valence-electron chi connectivity index (χ1n) is 13.4. The summed E-state index contributed by atoms with van der Waals surface area (Å²) in [5, 5.41) is 6.18. The van der Waals surface area contributed by atoms with E-state index in [1.807, 2.05) is 0 Å². The Kier molecular flexibility index (Phi) is 7.37. The highest BCUT2D eigenvalue weighted by Crippen LogP contribution is 2.43. The van der Waals surface area contributed by atoms with Crippen LogP contribution in [0.5, 0.6) is 0 Å². The molecule has 5 rings (SSSR count). The average molecular weight is 471 g/mol. The molecule has 7 heteroatoms. The Labute approximate surface area is 202 Å². The maximum absolute atomic E-state index is 13.4. The molecule has 1 aromatic rings. The molecular weight excluding hydrogens is 431 g/mol. The number of carbonyl (C=O) groups is 2. The van der Waals surface area contributed by atoms with Gasteiger partial charge in [-0.1, -0.05) is 12.1 Å². The number of likely N-dealkylation sites (tertiary alicyclic amines) is 1. The zero-order chi connectivity index (χ0) is 23.5. The number of carbonyl (C=O) groups excluding carboxylic acids is 2. The number of nitrogens with one attached hydrogen (secondary N) is 2. The molecule has 0 aromatic heterocycles. The molecule has 1 aliphatic carbocycles. The third-order valence-corrected chi connectivity index (χ3v) is 8.48. The van der Waals surface area contributed by atoms with E-state index in [0.717, 1.165) is 37.9 Å². The number of benzene rings is 1. The molecule has 6 nitrogen and oxygen atoms in total. The molecule has 34 heavy (non-hydrogen) atoms. The summed E-state index contributed by atoms with van der Waals surface area (Å²) in [7, 11) is 0. The van der Waals surface area contributed by atoms with Crippen molar-refractivity contribution in [1.82, 2.24) is 20.4 Å². The van der Waals surface area contributed by atoms with E-state index >= 15 is 0 Å². The van der Waals surface area contributed by atoms with E-state index in [0.29, 0.717) is 36.8 Å². The smallest absolute Gasteiger partial charge is 0.317 e. The van der Waals surface area contributed by atoms with Crippen LogP contribution in [0.2, 0.25) is 0 Å². The number of halogens is 1. The SMILES string of the molecule is O=C(CCC[C@@H]1[C@H]2CCCN3CCC[C@@H](CN1C(=O)NCc1ccc(F)cc1)[C@@H]23)NCC1CC1. The van der Waals surface area contributed by atoms with Crippen LogP contribution in [0.25, 0.3) is 0 Å². The summed E-state index contributed by atoms with van der Waals surface area (Å²) in [4.78, 5) is 30.5. The maximum Gasteiger partial charge on any atom is 0.317 e. The van der Waals surface area contributed by atoms with Gasteiger partial charge in [0.15, 0.2) is 0 Å². The van der Waals surface area contributed by atoms with Crippen LogP contribution in [0.3, 0.4) is 0 Å². The number of hydrogen-bond donors (Lipinski definition) is 2. The predicted molar refractivity (Wildman–Crippen MR) is 130 cm³/mol. The van der Waals surface area contributed by atoms with E-state index in [4.69, 9.17) is 0 Å². The number of hydrogen-bond acceptors (Lipinski definition) is 3. The molecule has 2 N–H and O–H groups in total. The van der Waals surface area contributed by atoms with Gasteiger partial charge in [-0.2, -0.15) is 0 Å². The monoisotopic (exact) mass is 470 g/mol. The van der Waals surface area contributed by atoms with E-state index in [1.54, 1.807) is 12.1 Å². The molecule has 0 spiro atoms. The highest BCUT2D eigenvalue weighted by atomic mass is 19.1. The molecule has 3 aliphatic heterocycles. The first kappa shape index (κ1) is 23.6. The lowest BCUT2D eigenvalue weighted by molar-refractivity contribution is -0.121. The summed E-state index contributed by atoms with van der Waals surface area (Å²) in [6.07, 6.45) is 9.48. The van der Waals surface area contributed by atoms with E-state index in [1.165, 1.54) is 57.3 Å². The van der Waals surface area contributed by atoms with Crippen LogP contribution < -0.4 is 10.6 Å².